The molecule has 1 saturated heterocycles. The summed E-state index contributed by atoms with van der Waals surface area (Å²) in [5, 5.41) is 23.3. The van der Waals surface area contributed by atoms with Gasteiger partial charge in [-0.1, -0.05) is 0 Å². The molecule has 0 spiro atoms. The summed E-state index contributed by atoms with van der Waals surface area (Å²) in [5.41, 5.74) is 0.595. The predicted octanol–water partition coefficient (Wildman–Crippen LogP) is 3.31. The molecule has 1 aliphatic rings. The van der Waals surface area contributed by atoms with Crippen LogP contribution in [-0.4, -0.2) is 29.5 Å². The van der Waals surface area contributed by atoms with Gasteiger partial charge in [0.1, 0.15) is 11.4 Å². The summed E-state index contributed by atoms with van der Waals surface area (Å²) >= 11 is 0. The van der Waals surface area contributed by atoms with E-state index in [-0.39, 0.29) is 17.3 Å². The van der Waals surface area contributed by atoms with Crippen molar-refractivity contribution < 1.29 is 9.34 Å². The number of nitriles is 1. The molecule has 1 atom stereocenters. The van der Waals surface area contributed by atoms with Gasteiger partial charge in [0.2, 0.25) is 0 Å². The van der Waals surface area contributed by atoms with E-state index in [1.54, 1.807) is 18.4 Å². The van der Waals surface area contributed by atoms with Gasteiger partial charge < -0.3 is 9.73 Å². The van der Waals surface area contributed by atoms with Crippen LogP contribution in [0.5, 0.6) is 0 Å². The number of hydrogen-bond acceptors (Lipinski definition) is 6. The third-order valence-electron chi connectivity index (χ3n) is 4.26. The molecule has 1 N–H and O–H groups in total. The Balaban J connectivity index is 1.80. The average molecular weight is 326 g/mol. The molecule has 7 heteroatoms. The van der Waals surface area contributed by atoms with E-state index in [0.29, 0.717) is 12.2 Å². The SMILES string of the molecule is N#Cc1ccc(NC[C@@H](c2ccco2)N2CCCC2)c([N+](=O)[O-])c1. The number of anilines is 1. The first-order valence-corrected chi connectivity index (χ1v) is 7.89. The summed E-state index contributed by atoms with van der Waals surface area (Å²) in [6, 6.07) is 10.2. The van der Waals surface area contributed by atoms with Crippen LogP contribution in [0.1, 0.15) is 30.2 Å². The van der Waals surface area contributed by atoms with Crippen LogP contribution in [0.15, 0.2) is 41.0 Å². The fourth-order valence-electron chi connectivity index (χ4n) is 3.05. The first kappa shape index (κ1) is 16.0. The summed E-state index contributed by atoms with van der Waals surface area (Å²) in [6.07, 6.45) is 3.94. The number of nitro groups is 1. The third-order valence-corrected chi connectivity index (χ3v) is 4.26. The van der Waals surface area contributed by atoms with Gasteiger partial charge in [0.25, 0.3) is 5.69 Å². The fraction of sp³-hybridized carbons (Fsp3) is 0.353. The van der Waals surface area contributed by atoms with Gasteiger partial charge in [-0.25, -0.2) is 0 Å². The van der Waals surface area contributed by atoms with Crippen LogP contribution in [0.4, 0.5) is 11.4 Å². The lowest BCUT2D eigenvalue weighted by Crippen LogP contribution is -2.30. The zero-order valence-corrected chi connectivity index (χ0v) is 13.1. The maximum absolute atomic E-state index is 11.2. The second kappa shape index (κ2) is 7.15. The van der Waals surface area contributed by atoms with Crippen molar-refractivity contribution in [1.29, 1.82) is 5.26 Å². The molecular weight excluding hydrogens is 308 g/mol. The van der Waals surface area contributed by atoms with Crippen molar-refractivity contribution in [3.05, 3.63) is 58.0 Å². The highest BCUT2D eigenvalue weighted by atomic mass is 16.6. The molecule has 1 aliphatic heterocycles. The van der Waals surface area contributed by atoms with Gasteiger partial charge in [-0.2, -0.15) is 5.26 Å². The highest BCUT2D eigenvalue weighted by Crippen LogP contribution is 2.29. The van der Waals surface area contributed by atoms with Crippen LogP contribution in [0.2, 0.25) is 0 Å². The molecule has 3 rings (SSSR count). The topological polar surface area (TPSA) is 95.3 Å². The first-order chi connectivity index (χ1) is 11.7. The Kier molecular flexibility index (Phi) is 4.77. The molecule has 7 nitrogen and oxygen atoms in total. The van der Waals surface area contributed by atoms with Crippen molar-refractivity contribution in [1.82, 2.24) is 4.90 Å². The lowest BCUT2D eigenvalue weighted by molar-refractivity contribution is -0.384. The monoisotopic (exact) mass is 326 g/mol. The van der Waals surface area contributed by atoms with E-state index in [9.17, 15) is 10.1 Å². The largest absolute Gasteiger partial charge is 0.468 e. The molecule has 124 valence electrons. The normalized spacial score (nSPS) is 15.8. The molecule has 1 aromatic heterocycles. The molecule has 0 bridgehead atoms. The number of nitrogens with one attached hydrogen (secondary N) is 1. The zero-order valence-electron chi connectivity index (χ0n) is 13.1. The fourth-order valence-corrected chi connectivity index (χ4v) is 3.05. The lowest BCUT2D eigenvalue weighted by atomic mass is 10.1. The van der Waals surface area contributed by atoms with Crippen LogP contribution >= 0.6 is 0 Å². The number of nitro benzene ring substituents is 1. The van der Waals surface area contributed by atoms with Crippen molar-refractivity contribution in [2.45, 2.75) is 18.9 Å². The second-order valence-electron chi connectivity index (χ2n) is 5.76. The highest BCUT2D eigenvalue weighted by Gasteiger charge is 2.26. The van der Waals surface area contributed by atoms with Crippen LogP contribution < -0.4 is 5.32 Å². The van der Waals surface area contributed by atoms with Crippen molar-refractivity contribution in [3.8, 4) is 6.07 Å². The molecule has 1 aromatic carbocycles. The van der Waals surface area contributed by atoms with Crippen LogP contribution in [0, 0.1) is 21.4 Å². The molecule has 0 saturated carbocycles. The van der Waals surface area contributed by atoms with Gasteiger partial charge in [-0.15, -0.1) is 0 Å². The second-order valence-corrected chi connectivity index (χ2v) is 5.76. The minimum absolute atomic E-state index is 0.0257. The minimum Gasteiger partial charge on any atom is -0.468 e. The molecular formula is C17H18N4O3. The third kappa shape index (κ3) is 3.39. The van der Waals surface area contributed by atoms with Crippen molar-refractivity contribution in [2.24, 2.45) is 0 Å². The van der Waals surface area contributed by atoms with Crippen molar-refractivity contribution in [2.75, 3.05) is 25.0 Å². The highest BCUT2D eigenvalue weighted by molar-refractivity contribution is 5.64. The van der Waals surface area contributed by atoms with Gasteiger partial charge in [0, 0.05) is 12.6 Å². The maximum Gasteiger partial charge on any atom is 0.293 e. The summed E-state index contributed by atoms with van der Waals surface area (Å²) in [7, 11) is 0. The Labute approximate surface area is 139 Å². The summed E-state index contributed by atoms with van der Waals surface area (Å²) in [5.74, 6) is 0.848. The summed E-state index contributed by atoms with van der Waals surface area (Å²) in [4.78, 5) is 13.1. The Morgan fingerprint density at radius 3 is 2.79 bits per heavy atom. The van der Waals surface area contributed by atoms with E-state index in [0.717, 1.165) is 31.7 Å². The summed E-state index contributed by atoms with van der Waals surface area (Å²) in [6.45, 7) is 2.48. The number of rotatable bonds is 6. The molecule has 0 aliphatic carbocycles. The van der Waals surface area contributed by atoms with Crippen molar-refractivity contribution >= 4 is 11.4 Å². The number of benzene rings is 1. The minimum atomic E-state index is -0.471. The molecule has 1 fully saturated rings. The van der Waals surface area contributed by atoms with Gasteiger partial charge >= 0.3 is 0 Å². The predicted molar refractivity (Wildman–Crippen MR) is 88.6 cm³/mol. The average Bonchev–Trinajstić information content (AvgIpc) is 3.29. The van der Waals surface area contributed by atoms with Gasteiger partial charge in [-0.3, -0.25) is 15.0 Å². The smallest absolute Gasteiger partial charge is 0.293 e. The van der Waals surface area contributed by atoms with E-state index in [4.69, 9.17) is 9.68 Å². The van der Waals surface area contributed by atoms with E-state index in [1.165, 1.54) is 6.07 Å². The quantitative estimate of drug-likeness (QED) is 0.646. The Morgan fingerprint density at radius 1 is 1.38 bits per heavy atom. The molecule has 0 radical (unpaired) electrons. The van der Waals surface area contributed by atoms with Gasteiger partial charge in [0.05, 0.1) is 28.9 Å². The van der Waals surface area contributed by atoms with E-state index in [2.05, 4.69) is 10.2 Å². The standard InChI is InChI=1S/C17H18N4O3/c18-11-13-5-6-14(15(10-13)21(22)23)19-12-16(17-4-3-9-24-17)20-7-1-2-8-20/h3-6,9-10,16,19H,1-2,7-8,12H2/t16-/m0/s1. The Morgan fingerprint density at radius 2 is 2.17 bits per heavy atom. The molecule has 2 heterocycles. The van der Waals surface area contributed by atoms with Crippen LogP contribution in [-0.2, 0) is 0 Å². The van der Waals surface area contributed by atoms with E-state index < -0.39 is 4.92 Å². The van der Waals surface area contributed by atoms with Gasteiger partial charge in [-0.05, 0) is 50.2 Å². The van der Waals surface area contributed by atoms with E-state index >= 15 is 0 Å². The van der Waals surface area contributed by atoms with E-state index in [1.807, 2.05) is 18.2 Å². The Hall–Kier alpha value is -2.85. The van der Waals surface area contributed by atoms with Crippen LogP contribution in [0.3, 0.4) is 0 Å². The number of likely N-dealkylation sites (tertiary alicyclic amines) is 1. The van der Waals surface area contributed by atoms with Crippen LogP contribution in [0.25, 0.3) is 0 Å². The Bertz CT molecular complexity index is 746. The van der Waals surface area contributed by atoms with Gasteiger partial charge in [0.15, 0.2) is 0 Å². The number of furan rings is 1. The number of nitrogens with zero attached hydrogens (tertiary/aromatic N) is 3. The summed E-state index contributed by atoms with van der Waals surface area (Å²) < 4.78 is 5.55. The molecule has 2 aromatic rings. The first-order valence-electron chi connectivity index (χ1n) is 7.89. The molecule has 0 unspecified atom stereocenters. The van der Waals surface area contributed by atoms with Crippen molar-refractivity contribution in [3.63, 3.8) is 0 Å². The maximum atomic E-state index is 11.2. The lowest BCUT2D eigenvalue weighted by Gasteiger charge is -2.26. The zero-order chi connectivity index (χ0) is 16.9. The number of hydrogen-bond donors (Lipinski definition) is 1. The molecule has 0 amide bonds. The molecule has 24 heavy (non-hydrogen) atoms.